The Morgan fingerprint density at radius 1 is 0.806 bits per heavy atom. The molecule has 2 fully saturated rings. The average molecular weight is 448 g/mol. The van der Waals surface area contributed by atoms with E-state index in [-0.39, 0.29) is 25.4 Å². The van der Waals surface area contributed by atoms with Crippen LogP contribution in [-0.2, 0) is 0 Å². The maximum atomic E-state index is 9.36. The van der Waals surface area contributed by atoms with Crippen LogP contribution in [0.1, 0.15) is 90.4 Å². The average Bonchev–Trinajstić information content (AvgIpc) is 2.83. The molecule has 2 saturated carbocycles. The topological polar surface area (TPSA) is 136 Å². The van der Waals surface area contributed by atoms with Gasteiger partial charge in [-0.1, -0.05) is 58.3 Å². The van der Waals surface area contributed by atoms with Gasteiger partial charge in [-0.3, -0.25) is 4.90 Å². The molecule has 0 heterocycles. The second-order valence-electron chi connectivity index (χ2n) is 9.01. The molecule has 0 radical (unpaired) electrons. The molecule has 31 heavy (non-hydrogen) atoms. The van der Waals surface area contributed by atoms with Crippen LogP contribution in [0.25, 0.3) is 0 Å². The van der Waals surface area contributed by atoms with Crippen LogP contribution in [0, 0.1) is 5.92 Å². The molecule has 7 heteroatoms. The van der Waals surface area contributed by atoms with Crippen LogP contribution in [-0.4, -0.2) is 83.0 Å². The summed E-state index contributed by atoms with van der Waals surface area (Å²) in [4.78, 5) is 2.22. The zero-order valence-electron chi connectivity index (χ0n) is 20.1. The highest BCUT2D eigenvalue weighted by Crippen LogP contribution is 2.25. The van der Waals surface area contributed by atoms with Gasteiger partial charge in [0.05, 0.1) is 25.4 Å². The van der Waals surface area contributed by atoms with E-state index < -0.39 is 0 Å². The minimum atomic E-state index is -0.269. The lowest BCUT2D eigenvalue weighted by Gasteiger charge is -2.33. The Morgan fingerprint density at radius 2 is 1.32 bits per heavy atom. The number of aliphatic hydroxyl groups excluding tert-OH is 4. The van der Waals surface area contributed by atoms with Crippen molar-refractivity contribution in [3.63, 3.8) is 0 Å². The van der Waals surface area contributed by atoms with E-state index in [1.165, 1.54) is 64.2 Å². The van der Waals surface area contributed by atoms with Crippen molar-refractivity contribution in [3.05, 3.63) is 0 Å². The Kier molecular flexibility index (Phi) is 21.4. The Bertz CT molecular complexity index is 359. The summed E-state index contributed by atoms with van der Waals surface area (Å²) in [6.45, 7) is 4.78. The molecule has 0 aromatic carbocycles. The molecule has 0 amide bonds. The minimum Gasteiger partial charge on any atom is -0.395 e. The van der Waals surface area contributed by atoms with Crippen molar-refractivity contribution in [2.24, 2.45) is 17.4 Å². The molecule has 2 rings (SSSR count). The quantitative estimate of drug-likeness (QED) is 0.285. The van der Waals surface area contributed by atoms with E-state index in [2.05, 4.69) is 11.8 Å². The molecule has 0 saturated heterocycles. The van der Waals surface area contributed by atoms with Gasteiger partial charge in [0, 0.05) is 32.2 Å². The molecule has 7 nitrogen and oxygen atoms in total. The summed E-state index contributed by atoms with van der Waals surface area (Å²) in [5, 5.41) is 36.0. The van der Waals surface area contributed by atoms with E-state index in [1.807, 2.05) is 0 Å². The maximum absolute atomic E-state index is 9.36. The molecule has 188 valence electrons. The predicted molar refractivity (Wildman–Crippen MR) is 129 cm³/mol. The van der Waals surface area contributed by atoms with Gasteiger partial charge in [-0.2, -0.15) is 0 Å². The molecular formula is C24H53N3O4. The van der Waals surface area contributed by atoms with Crippen LogP contribution in [0.2, 0.25) is 0 Å². The third kappa shape index (κ3) is 16.1. The van der Waals surface area contributed by atoms with Crippen molar-refractivity contribution >= 4 is 0 Å². The van der Waals surface area contributed by atoms with E-state index in [1.54, 1.807) is 0 Å². The Balaban J connectivity index is 0.000000451. The molecule has 0 aromatic heterocycles. The second-order valence-corrected chi connectivity index (χ2v) is 9.01. The Morgan fingerprint density at radius 3 is 1.74 bits per heavy atom. The number of hydrogen-bond donors (Lipinski definition) is 6. The lowest BCUT2D eigenvalue weighted by Crippen LogP contribution is -2.40. The third-order valence-electron chi connectivity index (χ3n) is 6.46. The first-order chi connectivity index (χ1) is 15.0. The summed E-state index contributed by atoms with van der Waals surface area (Å²) in [5.41, 5.74) is 10.5. The summed E-state index contributed by atoms with van der Waals surface area (Å²) >= 11 is 0. The summed E-state index contributed by atoms with van der Waals surface area (Å²) in [5.74, 6) is 0.499. The molecule has 2 atom stereocenters. The fraction of sp³-hybridized carbons (Fsp3) is 1.00. The van der Waals surface area contributed by atoms with Gasteiger partial charge in [0.2, 0.25) is 0 Å². The molecule has 0 spiro atoms. The van der Waals surface area contributed by atoms with Gasteiger partial charge in [-0.25, -0.2) is 0 Å². The zero-order valence-corrected chi connectivity index (χ0v) is 20.1. The van der Waals surface area contributed by atoms with E-state index in [0.717, 1.165) is 19.3 Å². The van der Waals surface area contributed by atoms with Gasteiger partial charge in [0.25, 0.3) is 0 Å². The predicted octanol–water partition coefficient (Wildman–Crippen LogP) is 1.99. The maximum Gasteiger partial charge on any atom is 0.0690 e. The van der Waals surface area contributed by atoms with Crippen molar-refractivity contribution in [2.45, 2.75) is 109 Å². The van der Waals surface area contributed by atoms with Crippen LogP contribution in [0.15, 0.2) is 0 Å². The monoisotopic (exact) mass is 447 g/mol. The van der Waals surface area contributed by atoms with Gasteiger partial charge in [-0.05, 0) is 38.0 Å². The lowest BCUT2D eigenvalue weighted by molar-refractivity contribution is 0.0920. The first-order valence-electron chi connectivity index (χ1n) is 12.8. The highest BCUT2D eigenvalue weighted by Gasteiger charge is 2.20. The smallest absolute Gasteiger partial charge is 0.0690 e. The summed E-state index contributed by atoms with van der Waals surface area (Å²) in [7, 11) is 0. The number of nitrogens with two attached hydrogens (primary N) is 2. The van der Waals surface area contributed by atoms with Crippen LogP contribution in [0.3, 0.4) is 0 Å². The minimum absolute atomic E-state index is 0.205. The van der Waals surface area contributed by atoms with E-state index in [0.29, 0.717) is 38.1 Å². The van der Waals surface area contributed by atoms with Gasteiger partial charge < -0.3 is 31.9 Å². The summed E-state index contributed by atoms with van der Waals surface area (Å²) in [6.07, 6.45) is 15.3. The molecule has 8 N–H and O–H groups in total. The SMILES string of the molecule is CCCCC(O)CN.NCC(O)C1CCCCC1.OCCN(CCO)C1CCCCC1. The fourth-order valence-corrected chi connectivity index (χ4v) is 4.45. The number of unbranched alkanes of at least 4 members (excludes halogenated alkanes) is 1. The molecule has 0 bridgehead atoms. The standard InChI is InChI=1S/C10H21NO2.C8H17NO.C6H15NO/c12-8-6-11(7-9-13)10-4-2-1-3-5-10;9-6-8(10)7-4-2-1-3-5-7;1-2-3-4-6(8)5-7/h10,12-13H,1-9H2;7-8,10H,1-6,9H2;6,8H,2-5,7H2,1H3. The van der Waals surface area contributed by atoms with Crippen molar-refractivity contribution in [1.29, 1.82) is 0 Å². The molecule has 2 aliphatic carbocycles. The van der Waals surface area contributed by atoms with Crippen molar-refractivity contribution < 1.29 is 20.4 Å². The Labute approximate surface area is 191 Å². The number of aliphatic hydroxyl groups is 4. The summed E-state index contributed by atoms with van der Waals surface area (Å²) < 4.78 is 0. The molecular weight excluding hydrogens is 394 g/mol. The van der Waals surface area contributed by atoms with Crippen LogP contribution < -0.4 is 11.5 Å². The fourth-order valence-electron chi connectivity index (χ4n) is 4.45. The molecule has 0 aromatic rings. The highest BCUT2D eigenvalue weighted by molar-refractivity contribution is 4.75. The van der Waals surface area contributed by atoms with Crippen molar-refractivity contribution in [3.8, 4) is 0 Å². The van der Waals surface area contributed by atoms with E-state index >= 15 is 0 Å². The normalized spacial score (nSPS) is 19.7. The molecule has 2 unspecified atom stereocenters. The van der Waals surface area contributed by atoms with E-state index in [9.17, 15) is 5.11 Å². The third-order valence-corrected chi connectivity index (χ3v) is 6.46. The van der Waals surface area contributed by atoms with Crippen LogP contribution in [0.5, 0.6) is 0 Å². The second kappa shape index (κ2) is 21.6. The number of nitrogens with zero attached hydrogens (tertiary/aromatic N) is 1. The number of hydrogen-bond acceptors (Lipinski definition) is 7. The molecule has 0 aliphatic heterocycles. The number of rotatable bonds is 11. The van der Waals surface area contributed by atoms with Crippen molar-refractivity contribution in [2.75, 3.05) is 39.4 Å². The Hall–Kier alpha value is -0.280. The first kappa shape index (κ1) is 30.7. The van der Waals surface area contributed by atoms with Gasteiger partial charge in [-0.15, -0.1) is 0 Å². The van der Waals surface area contributed by atoms with Crippen LogP contribution in [0.4, 0.5) is 0 Å². The van der Waals surface area contributed by atoms with Gasteiger partial charge in [0.1, 0.15) is 0 Å². The van der Waals surface area contributed by atoms with Gasteiger partial charge >= 0.3 is 0 Å². The zero-order chi connectivity index (χ0) is 23.3. The first-order valence-corrected chi connectivity index (χ1v) is 12.8. The largest absolute Gasteiger partial charge is 0.395 e. The van der Waals surface area contributed by atoms with Gasteiger partial charge in [0.15, 0.2) is 0 Å². The summed E-state index contributed by atoms with van der Waals surface area (Å²) in [6, 6.07) is 0.605. The lowest BCUT2D eigenvalue weighted by atomic mass is 9.85. The van der Waals surface area contributed by atoms with Crippen molar-refractivity contribution in [1.82, 2.24) is 4.90 Å². The van der Waals surface area contributed by atoms with E-state index in [4.69, 9.17) is 26.8 Å². The molecule has 2 aliphatic rings. The van der Waals surface area contributed by atoms with Crippen LogP contribution >= 0.6 is 0 Å². The highest BCUT2D eigenvalue weighted by atomic mass is 16.3.